The number of hydrogen-bond donors (Lipinski definition) is 1. The average molecular weight is 421 g/mol. The van der Waals surface area contributed by atoms with Gasteiger partial charge in [-0.2, -0.15) is 5.26 Å². The molecular formula is C25H29FN4O. The number of nitriles is 1. The fraction of sp³-hybridized carbons (Fsp3) is 0.360. The number of methoxy groups -OCH3 is 1. The highest BCUT2D eigenvalue weighted by molar-refractivity contribution is 5.67. The van der Waals surface area contributed by atoms with Crippen LogP contribution in [0.3, 0.4) is 0 Å². The van der Waals surface area contributed by atoms with Gasteiger partial charge in [-0.3, -0.25) is 0 Å². The zero-order valence-corrected chi connectivity index (χ0v) is 18.4. The van der Waals surface area contributed by atoms with E-state index in [0.717, 1.165) is 17.4 Å². The number of halogens is 1. The molecule has 1 fully saturated rings. The summed E-state index contributed by atoms with van der Waals surface area (Å²) in [6, 6.07) is 15.6. The largest absolute Gasteiger partial charge is 0.497 e. The van der Waals surface area contributed by atoms with Gasteiger partial charge in [-0.25, -0.2) is 9.07 Å². The van der Waals surface area contributed by atoms with Crippen LogP contribution in [0.15, 0.2) is 48.5 Å². The van der Waals surface area contributed by atoms with Gasteiger partial charge < -0.3 is 10.1 Å². The van der Waals surface area contributed by atoms with Crippen LogP contribution in [0.1, 0.15) is 44.6 Å². The minimum atomic E-state index is -0.552. The molecule has 2 aromatic carbocycles. The van der Waals surface area contributed by atoms with E-state index in [4.69, 9.17) is 10.00 Å². The van der Waals surface area contributed by atoms with Gasteiger partial charge in [-0.1, -0.05) is 45.1 Å². The second-order valence-corrected chi connectivity index (χ2v) is 7.82. The zero-order chi connectivity index (χ0) is 22.2. The molecule has 0 bridgehead atoms. The van der Waals surface area contributed by atoms with Gasteiger partial charge in [0.25, 0.3) is 0 Å². The molecule has 1 heterocycles. The van der Waals surface area contributed by atoms with E-state index in [-0.39, 0.29) is 5.56 Å². The number of rotatable bonds is 4. The van der Waals surface area contributed by atoms with E-state index < -0.39 is 5.82 Å². The first-order chi connectivity index (χ1) is 15.0. The Kier molecular flexibility index (Phi) is 7.66. The Balaban J connectivity index is 0.000000330. The summed E-state index contributed by atoms with van der Waals surface area (Å²) in [5, 5.41) is 16.3. The summed E-state index contributed by atoms with van der Waals surface area (Å²) >= 11 is 0. The molecular weight excluding hydrogens is 391 g/mol. The van der Waals surface area contributed by atoms with Crippen LogP contribution in [0.5, 0.6) is 5.75 Å². The molecule has 0 aliphatic heterocycles. The van der Waals surface area contributed by atoms with Crippen molar-refractivity contribution in [3.63, 3.8) is 0 Å². The molecule has 0 spiro atoms. The molecule has 0 amide bonds. The van der Waals surface area contributed by atoms with Crippen LogP contribution in [-0.2, 0) is 0 Å². The Morgan fingerprint density at radius 2 is 1.81 bits per heavy atom. The van der Waals surface area contributed by atoms with Crippen molar-refractivity contribution in [2.75, 3.05) is 19.5 Å². The fourth-order valence-electron chi connectivity index (χ4n) is 3.70. The van der Waals surface area contributed by atoms with Crippen molar-refractivity contribution in [1.29, 1.82) is 5.26 Å². The molecule has 0 saturated heterocycles. The van der Waals surface area contributed by atoms with Gasteiger partial charge in [0.15, 0.2) is 0 Å². The summed E-state index contributed by atoms with van der Waals surface area (Å²) < 4.78 is 20.9. The van der Waals surface area contributed by atoms with Gasteiger partial charge in [0, 0.05) is 18.7 Å². The highest BCUT2D eigenvalue weighted by Gasteiger charge is 2.13. The van der Waals surface area contributed by atoms with Crippen LogP contribution in [0.2, 0.25) is 0 Å². The maximum Gasteiger partial charge on any atom is 0.148 e. The average Bonchev–Trinajstić information content (AvgIpc) is 3.24. The molecule has 0 atom stereocenters. The van der Waals surface area contributed by atoms with Gasteiger partial charge in [0.1, 0.15) is 23.5 Å². The number of ether oxygens (including phenoxy) is 1. The van der Waals surface area contributed by atoms with Gasteiger partial charge in [0.2, 0.25) is 0 Å². The predicted molar refractivity (Wildman–Crippen MR) is 122 cm³/mol. The van der Waals surface area contributed by atoms with E-state index in [0.29, 0.717) is 17.1 Å². The summed E-state index contributed by atoms with van der Waals surface area (Å²) in [4.78, 5) is 0. The smallest absolute Gasteiger partial charge is 0.148 e. The lowest BCUT2D eigenvalue weighted by Gasteiger charge is -2.15. The Morgan fingerprint density at radius 1 is 1.10 bits per heavy atom. The van der Waals surface area contributed by atoms with Crippen LogP contribution in [0.4, 0.5) is 10.2 Å². The lowest BCUT2D eigenvalue weighted by molar-refractivity contribution is 0.385. The van der Waals surface area contributed by atoms with Crippen molar-refractivity contribution in [3.05, 3.63) is 59.9 Å². The number of nitrogens with one attached hydrogen (secondary N) is 1. The maximum atomic E-state index is 14.0. The van der Waals surface area contributed by atoms with Crippen molar-refractivity contribution in [2.24, 2.45) is 5.92 Å². The van der Waals surface area contributed by atoms with E-state index in [1.54, 1.807) is 24.9 Å². The lowest BCUT2D eigenvalue weighted by atomic mass is 9.91. The fourth-order valence-corrected chi connectivity index (χ4v) is 3.70. The van der Waals surface area contributed by atoms with E-state index in [1.165, 1.54) is 44.2 Å². The standard InChI is InChI=1S/C18H15FN4O.C7H14/c1-21-18-10-17(12-3-4-13(11-20)16(19)9-12)23(22-18)14-5-7-15(24-2)8-6-14;1-7-5-3-2-4-6-7/h3-10H,1-2H3,(H,21,22);7H,2-6H2,1H3. The normalized spacial score (nSPS) is 13.6. The topological polar surface area (TPSA) is 62.9 Å². The summed E-state index contributed by atoms with van der Waals surface area (Å²) in [6.45, 7) is 2.36. The first-order valence-corrected chi connectivity index (χ1v) is 10.7. The van der Waals surface area contributed by atoms with Crippen LogP contribution in [0.25, 0.3) is 16.9 Å². The molecule has 31 heavy (non-hydrogen) atoms. The first kappa shape index (κ1) is 22.4. The van der Waals surface area contributed by atoms with Gasteiger partial charge >= 0.3 is 0 Å². The SMILES string of the molecule is CC1CCCCC1.CNc1cc(-c2ccc(C#N)c(F)c2)n(-c2ccc(OC)cc2)n1. The van der Waals surface area contributed by atoms with Gasteiger partial charge in [0.05, 0.1) is 24.1 Å². The molecule has 1 aliphatic carbocycles. The second kappa shape index (κ2) is 10.6. The van der Waals surface area contributed by atoms with Crippen LogP contribution in [-0.4, -0.2) is 23.9 Å². The molecule has 1 aliphatic rings. The number of aromatic nitrogens is 2. The van der Waals surface area contributed by atoms with Crippen molar-refractivity contribution >= 4 is 5.82 Å². The van der Waals surface area contributed by atoms with Crippen molar-refractivity contribution in [1.82, 2.24) is 9.78 Å². The van der Waals surface area contributed by atoms with Gasteiger partial charge in [-0.15, -0.1) is 5.10 Å². The maximum absolute atomic E-state index is 14.0. The van der Waals surface area contributed by atoms with E-state index in [2.05, 4.69) is 17.3 Å². The second-order valence-electron chi connectivity index (χ2n) is 7.82. The summed E-state index contributed by atoms with van der Waals surface area (Å²) in [7, 11) is 3.37. The number of benzene rings is 2. The Hall–Kier alpha value is -3.33. The first-order valence-electron chi connectivity index (χ1n) is 10.7. The molecule has 0 radical (unpaired) electrons. The highest BCUT2D eigenvalue weighted by Crippen LogP contribution is 2.28. The number of nitrogens with zero attached hydrogens (tertiary/aromatic N) is 3. The van der Waals surface area contributed by atoms with Crippen molar-refractivity contribution in [3.8, 4) is 28.8 Å². The monoisotopic (exact) mass is 420 g/mol. The minimum absolute atomic E-state index is 0.0168. The van der Waals surface area contributed by atoms with Crippen molar-refractivity contribution in [2.45, 2.75) is 39.0 Å². The van der Waals surface area contributed by atoms with E-state index >= 15 is 0 Å². The zero-order valence-electron chi connectivity index (χ0n) is 18.4. The predicted octanol–water partition coefficient (Wildman–Crippen LogP) is 6.19. The molecule has 1 saturated carbocycles. The van der Waals surface area contributed by atoms with Crippen LogP contribution in [0, 0.1) is 23.1 Å². The minimum Gasteiger partial charge on any atom is -0.497 e. The molecule has 1 aromatic heterocycles. The Labute approximate surface area is 183 Å². The third-order valence-electron chi connectivity index (χ3n) is 5.56. The number of anilines is 1. The van der Waals surface area contributed by atoms with Gasteiger partial charge in [-0.05, 0) is 42.3 Å². The molecule has 0 unspecified atom stereocenters. The van der Waals surface area contributed by atoms with Crippen LogP contribution >= 0.6 is 0 Å². The van der Waals surface area contributed by atoms with Crippen molar-refractivity contribution < 1.29 is 9.13 Å². The van der Waals surface area contributed by atoms with E-state index in [1.807, 2.05) is 36.4 Å². The van der Waals surface area contributed by atoms with E-state index in [9.17, 15) is 4.39 Å². The summed E-state index contributed by atoms with van der Waals surface area (Å²) in [5.74, 6) is 1.88. The molecule has 1 N–H and O–H groups in total. The molecule has 5 nitrogen and oxygen atoms in total. The molecule has 3 aromatic rings. The summed E-state index contributed by atoms with van der Waals surface area (Å²) in [6.07, 6.45) is 7.44. The quantitative estimate of drug-likeness (QED) is 0.547. The Morgan fingerprint density at radius 3 is 2.32 bits per heavy atom. The Bertz CT molecular complexity index is 1030. The number of hydrogen-bond acceptors (Lipinski definition) is 4. The molecule has 6 heteroatoms. The molecule has 4 rings (SSSR count). The third-order valence-corrected chi connectivity index (χ3v) is 5.56. The van der Waals surface area contributed by atoms with Crippen LogP contribution < -0.4 is 10.1 Å². The summed E-state index contributed by atoms with van der Waals surface area (Å²) in [5.41, 5.74) is 2.18. The third kappa shape index (κ3) is 5.64. The molecule has 162 valence electrons. The lowest BCUT2D eigenvalue weighted by Crippen LogP contribution is -2.00. The highest BCUT2D eigenvalue weighted by atomic mass is 19.1.